The fourth-order valence-electron chi connectivity index (χ4n) is 2.77. The fraction of sp³-hybridized carbons (Fsp3) is 0.375. The van der Waals surface area contributed by atoms with Crippen molar-refractivity contribution >= 4 is 17.8 Å². The second-order valence-corrected chi connectivity index (χ2v) is 5.72. The van der Waals surface area contributed by atoms with Gasteiger partial charge in [0.25, 0.3) is 0 Å². The number of carbonyl (C=O) groups excluding carboxylic acids is 2. The van der Waals surface area contributed by atoms with E-state index in [4.69, 9.17) is 4.74 Å². The Hall–Kier alpha value is -3.10. The van der Waals surface area contributed by atoms with Crippen LogP contribution in [0.5, 0.6) is 0 Å². The van der Waals surface area contributed by atoms with E-state index >= 15 is 0 Å². The molecular weight excluding hydrogens is 324 g/mol. The molecule has 0 saturated carbocycles. The van der Waals surface area contributed by atoms with Crippen LogP contribution in [0, 0.1) is 0 Å². The van der Waals surface area contributed by atoms with Crippen LogP contribution in [-0.2, 0) is 4.74 Å². The van der Waals surface area contributed by atoms with Gasteiger partial charge in [-0.2, -0.15) is 15.0 Å². The SMILES string of the molecule is COC(=O)N1CCCC(NC(=O)Nc2ccc(-n3nccn3)cc2)C1. The van der Waals surface area contributed by atoms with Crippen LogP contribution >= 0.6 is 0 Å². The van der Waals surface area contributed by atoms with Crippen LogP contribution in [0.1, 0.15) is 12.8 Å². The molecule has 1 saturated heterocycles. The third-order valence-electron chi connectivity index (χ3n) is 3.96. The van der Waals surface area contributed by atoms with Gasteiger partial charge in [0.2, 0.25) is 0 Å². The third-order valence-corrected chi connectivity index (χ3v) is 3.96. The highest BCUT2D eigenvalue weighted by Crippen LogP contribution is 2.13. The van der Waals surface area contributed by atoms with Crippen LogP contribution < -0.4 is 10.6 Å². The molecule has 132 valence electrons. The Labute approximate surface area is 144 Å². The summed E-state index contributed by atoms with van der Waals surface area (Å²) in [4.78, 5) is 26.8. The zero-order valence-electron chi connectivity index (χ0n) is 13.9. The average Bonchev–Trinajstić information content (AvgIpc) is 3.16. The second-order valence-electron chi connectivity index (χ2n) is 5.72. The minimum absolute atomic E-state index is 0.0969. The molecule has 1 aromatic heterocycles. The van der Waals surface area contributed by atoms with Crippen molar-refractivity contribution in [1.82, 2.24) is 25.2 Å². The quantitative estimate of drug-likeness (QED) is 0.881. The molecule has 1 aliphatic rings. The third kappa shape index (κ3) is 4.25. The Kier molecular flexibility index (Phi) is 5.12. The first-order valence-electron chi connectivity index (χ1n) is 8.03. The lowest BCUT2D eigenvalue weighted by Crippen LogP contribution is -2.50. The summed E-state index contributed by atoms with van der Waals surface area (Å²) >= 11 is 0. The molecule has 0 radical (unpaired) electrons. The van der Waals surface area contributed by atoms with E-state index in [9.17, 15) is 9.59 Å². The number of carbonyl (C=O) groups is 2. The number of nitrogens with one attached hydrogen (secondary N) is 2. The molecule has 0 aliphatic carbocycles. The maximum absolute atomic E-state index is 12.2. The summed E-state index contributed by atoms with van der Waals surface area (Å²) in [7, 11) is 1.36. The minimum atomic E-state index is -0.366. The maximum Gasteiger partial charge on any atom is 0.409 e. The van der Waals surface area contributed by atoms with Gasteiger partial charge in [0.15, 0.2) is 0 Å². The van der Waals surface area contributed by atoms with Crippen LogP contribution in [0.4, 0.5) is 15.3 Å². The highest BCUT2D eigenvalue weighted by atomic mass is 16.5. The Morgan fingerprint density at radius 1 is 1.20 bits per heavy atom. The van der Waals surface area contributed by atoms with Crippen LogP contribution in [0.25, 0.3) is 5.69 Å². The monoisotopic (exact) mass is 344 g/mol. The number of urea groups is 1. The van der Waals surface area contributed by atoms with Gasteiger partial charge in [-0.3, -0.25) is 0 Å². The molecule has 1 fully saturated rings. The van der Waals surface area contributed by atoms with Crippen molar-refractivity contribution in [1.29, 1.82) is 0 Å². The number of piperidine rings is 1. The lowest BCUT2D eigenvalue weighted by molar-refractivity contribution is 0.108. The molecule has 2 N–H and O–H groups in total. The number of rotatable bonds is 3. The van der Waals surface area contributed by atoms with Crippen molar-refractivity contribution in [2.45, 2.75) is 18.9 Å². The molecule has 3 rings (SSSR count). The Bertz CT molecular complexity index is 716. The number of likely N-dealkylation sites (tertiary alicyclic amines) is 1. The summed E-state index contributed by atoms with van der Waals surface area (Å²) in [6, 6.07) is 6.78. The number of amides is 3. The molecule has 1 atom stereocenters. The van der Waals surface area contributed by atoms with Crippen molar-refractivity contribution in [3.63, 3.8) is 0 Å². The summed E-state index contributed by atoms with van der Waals surface area (Å²) in [5.74, 6) is 0. The summed E-state index contributed by atoms with van der Waals surface area (Å²) in [6.45, 7) is 1.10. The summed E-state index contributed by atoms with van der Waals surface area (Å²) in [5, 5.41) is 13.8. The highest BCUT2D eigenvalue weighted by Gasteiger charge is 2.25. The number of methoxy groups -OCH3 is 1. The molecule has 9 heteroatoms. The van der Waals surface area contributed by atoms with Gasteiger partial charge in [-0.05, 0) is 37.1 Å². The largest absolute Gasteiger partial charge is 0.453 e. The van der Waals surface area contributed by atoms with Gasteiger partial charge in [-0.15, -0.1) is 0 Å². The second kappa shape index (κ2) is 7.65. The first-order chi connectivity index (χ1) is 12.2. The van der Waals surface area contributed by atoms with Gasteiger partial charge in [0, 0.05) is 24.8 Å². The lowest BCUT2D eigenvalue weighted by Gasteiger charge is -2.32. The smallest absolute Gasteiger partial charge is 0.409 e. The first-order valence-corrected chi connectivity index (χ1v) is 8.03. The molecule has 2 aromatic rings. The van der Waals surface area contributed by atoms with Crippen molar-refractivity contribution in [3.05, 3.63) is 36.7 Å². The molecule has 0 spiro atoms. The van der Waals surface area contributed by atoms with E-state index in [-0.39, 0.29) is 18.2 Å². The number of anilines is 1. The predicted molar refractivity (Wildman–Crippen MR) is 90.5 cm³/mol. The van der Waals surface area contributed by atoms with E-state index in [0.29, 0.717) is 18.8 Å². The molecule has 9 nitrogen and oxygen atoms in total. The number of ether oxygens (including phenoxy) is 1. The van der Waals surface area contributed by atoms with Gasteiger partial charge in [0.05, 0.1) is 25.2 Å². The zero-order chi connectivity index (χ0) is 17.6. The highest BCUT2D eigenvalue weighted by molar-refractivity contribution is 5.89. The number of hydrogen-bond acceptors (Lipinski definition) is 5. The van der Waals surface area contributed by atoms with Gasteiger partial charge in [-0.1, -0.05) is 0 Å². The Morgan fingerprint density at radius 3 is 2.60 bits per heavy atom. The van der Waals surface area contributed by atoms with E-state index < -0.39 is 0 Å². The number of benzene rings is 1. The normalized spacial score (nSPS) is 17.0. The Balaban J connectivity index is 1.53. The van der Waals surface area contributed by atoms with Crippen molar-refractivity contribution in [3.8, 4) is 5.69 Å². The van der Waals surface area contributed by atoms with Gasteiger partial charge >= 0.3 is 12.1 Å². The summed E-state index contributed by atoms with van der Waals surface area (Å²) in [5.41, 5.74) is 1.46. The van der Waals surface area contributed by atoms with Crippen LogP contribution in [0.2, 0.25) is 0 Å². The molecule has 2 heterocycles. The Morgan fingerprint density at radius 2 is 1.92 bits per heavy atom. The topological polar surface area (TPSA) is 101 Å². The predicted octanol–water partition coefficient (Wildman–Crippen LogP) is 1.62. The molecule has 1 aromatic carbocycles. The van der Waals surface area contributed by atoms with E-state index in [1.54, 1.807) is 29.4 Å². The van der Waals surface area contributed by atoms with Crippen LogP contribution in [0.15, 0.2) is 36.7 Å². The molecule has 1 aliphatic heterocycles. The molecule has 3 amide bonds. The van der Waals surface area contributed by atoms with Crippen LogP contribution in [-0.4, -0.2) is 58.3 Å². The van der Waals surface area contributed by atoms with Gasteiger partial charge in [0.1, 0.15) is 0 Å². The van der Waals surface area contributed by atoms with E-state index in [1.807, 2.05) is 12.1 Å². The van der Waals surface area contributed by atoms with E-state index in [0.717, 1.165) is 18.5 Å². The molecule has 25 heavy (non-hydrogen) atoms. The number of nitrogens with zero attached hydrogens (tertiary/aromatic N) is 4. The van der Waals surface area contributed by atoms with Crippen LogP contribution in [0.3, 0.4) is 0 Å². The van der Waals surface area contributed by atoms with Gasteiger partial charge in [-0.25, -0.2) is 9.59 Å². The van der Waals surface area contributed by atoms with E-state index in [2.05, 4.69) is 20.8 Å². The number of hydrogen-bond donors (Lipinski definition) is 2. The fourth-order valence-corrected chi connectivity index (χ4v) is 2.77. The first kappa shape index (κ1) is 16.7. The average molecular weight is 344 g/mol. The van der Waals surface area contributed by atoms with Crippen molar-refractivity contribution in [2.75, 3.05) is 25.5 Å². The van der Waals surface area contributed by atoms with Crippen molar-refractivity contribution < 1.29 is 14.3 Å². The number of aromatic nitrogens is 3. The zero-order valence-corrected chi connectivity index (χ0v) is 13.9. The van der Waals surface area contributed by atoms with E-state index in [1.165, 1.54) is 11.9 Å². The molecular formula is C16H20N6O3. The minimum Gasteiger partial charge on any atom is -0.453 e. The summed E-state index contributed by atoms with van der Waals surface area (Å²) in [6.07, 6.45) is 4.48. The standard InChI is InChI=1S/C16H20N6O3/c1-25-16(24)21-10-2-3-13(11-21)20-15(23)19-12-4-6-14(7-5-12)22-17-8-9-18-22/h4-9,13H,2-3,10-11H2,1H3,(H2,19,20,23). The molecule has 1 unspecified atom stereocenters. The lowest BCUT2D eigenvalue weighted by atomic mass is 10.1. The van der Waals surface area contributed by atoms with Crippen molar-refractivity contribution in [2.24, 2.45) is 0 Å². The molecule has 0 bridgehead atoms. The van der Waals surface area contributed by atoms with Gasteiger partial charge < -0.3 is 20.3 Å². The summed E-state index contributed by atoms with van der Waals surface area (Å²) < 4.78 is 4.73. The maximum atomic E-state index is 12.2.